The number of nitrogens with zero attached hydrogens (tertiary/aromatic N) is 2. The van der Waals surface area contributed by atoms with Gasteiger partial charge in [0, 0.05) is 28.7 Å². The number of nitrogens with one attached hydrogen (secondary N) is 1. The molecule has 0 bridgehead atoms. The van der Waals surface area contributed by atoms with Crippen LogP contribution in [0.4, 0.5) is 5.69 Å². The molecule has 2 aromatic carbocycles. The Hall–Kier alpha value is -1.71. The van der Waals surface area contributed by atoms with Crippen LogP contribution in [0.1, 0.15) is 26.3 Å². The van der Waals surface area contributed by atoms with Gasteiger partial charge in [0.1, 0.15) is 12.6 Å². The number of hydrogen-bond donors (Lipinski definition) is 1. The number of halogens is 4. The molecular weight excluding hydrogens is 556 g/mol. The highest BCUT2D eigenvalue weighted by Crippen LogP contribution is 2.34. The molecule has 35 heavy (non-hydrogen) atoms. The van der Waals surface area contributed by atoms with E-state index in [1.807, 2.05) is 13.8 Å². The van der Waals surface area contributed by atoms with E-state index in [1.165, 1.54) is 23.1 Å². The highest BCUT2D eigenvalue weighted by Gasteiger charge is 2.31. The standard InChI is InChI=1S/C23H27Cl4N3O4S/c1-14(2)11-28-23(32)15(3)29(12-16-17(24)7-5-8-18(16)25)21(31)13-30(35(4,33)34)20-10-6-9-19(26)22(20)27/h5-10,14-15H,11-13H2,1-4H3,(H,28,32)/t15-/m1/s1. The van der Waals surface area contributed by atoms with E-state index in [9.17, 15) is 18.0 Å². The largest absolute Gasteiger partial charge is 0.354 e. The minimum absolute atomic E-state index is 0.0178. The lowest BCUT2D eigenvalue weighted by molar-refractivity contribution is -0.139. The fraction of sp³-hybridized carbons (Fsp3) is 0.391. The topological polar surface area (TPSA) is 86.8 Å². The SMILES string of the molecule is CC(C)CNC(=O)[C@@H](C)N(Cc1c(Cl)cccc1Cl)C(=O)CN(c1cccc(Cl)c1Cl)S(C)(=O)=O. The normalized spacial score (nSPS) is 12.4. The average molecular weight is 583 g/mol. The second kappa shape index (κ2) is 12.5. The molecule has 2 aromatic rings. The Morgan fingerprint density at radius 3 is 2.03 bits per heavy atom. The zero-order chi connectivity index (χ0) is 26.5. The van der Waals surface area contributed by atoms with Crippen molar-refractivity contribution in [3.63, 3.8) is 0 Å². The van der Waals surface area contributed by atoms with Crippen molar-refractivity contribution < 1.29 is 18.0 Å². The average Bonchev–Trinajstić information content (AvgIpc) is 2.76. The monoisotopic (exact) mass is 581 g/mol. The molecule has 0 aliphatic rings. The second-order valence-electron chi connectivity index (χ2n) is 8.38. The van der Waals surface area contributed by atoms with Crippen LogP contribution in [0.2, 0.25) is 20.1 Å². The summed E-state index contributed by atoms with van der Waals surface area (Å²) in [6, 6.07) is 8.40. The second-order valence-corrected chi connectivity index (χ2v) is 11.9. The van der Waals surface area contributed by atoms with E-state index in [0.717, 1.165) is 10.6 Å². The predicted molar refractivity (Wildman–Crippen MR) is 143 cm³/mol. The van der Waals surface area contributed by atoms with Crippen LogP contribution in [0.15, 0.2) is 36.4 Å². The molecule has 0 saturated heterocycles. The quantitative estimate of drug-likeness (QED) is 0.414. The summed E-state index contributed by atoms with van der Waals surface area (Å²) in [5.41, 5.74) is 0.474. The Morgan fingerprint density at radius 2 is 1.49 bits per heavy atom. The molecule has 0 heterocycles. The van der Waals surface area contributed by atoms with Gasteiger partial charge in [-0.15, -0.1) is 0 Å². The van der Waals surface area contributed by atoms with Crippen molar-refractivity contribution in [2.75, 3.05) is 23.7 Å². The molecule has 0 aliphatic carbocycles. The smallest absolute Gasteiger partial charge is 0.244 e. The molecule has 0 aromatic heterocycles. The fourth-order valence-electron chi connectivity index (χ4n) is 3.17. The van der Waals surface area contributed by atoms with Crippen LogP contribution in [0.3, 0.4) is 0 Å². The molecule has 0 saturated carbocycles. The van der Waals surface area contributed by atoms with Gasteiger partial charge in [0.2, 0.25) is 21.8 Å². The highest BCUT2D eigenvalue weighted by molar-refractivity contribution is 7.92. The molecule has 12 heteroatoms. The Bertz CT molecular complexity index is 1170. The predicted octanol–water partition coefficient (Wildman–Crippen LogP) is 5.26. The van der Waals surface area contributed by atoms with Crippen LogP contribution in [0.25, 0.3) is 0 Å². The Balaban J connectivity index is 2.47. The number of hydrogen-bond acceptors (Lipinski definition) is 4. The minimum atomic E-state index is -3.95. The molecule has 192 valence electrons. The molecule has 1 N–H and O–H groups in total. The van der Waals surface area contributed by atoms with Gasteiger partial charge >= 0.3 is 0 Å². The van der Waals surface area contributed by atoms with E-state index >= 15 is 0 Å². The van der Waals surface area contributed by atoms with Crippen LogP contribution < -0.4 is 9.62 Å². The summed E-state index contributed by atoms with van der Waals surface area (Å²) in [5.74, 6) is -0.865. The van der Waals surface area contributed by atoms with Gasteiger partial charge in [-0.25, -0.2) is 8.42 Å². The number of anilines is 1. The van der Waals surface area contributed by atoms with Crippen molar-refractivity contribution in [3.8, 4) is 0 Å². The maximum atomic E-state index is 13.6. The fourth-order valence-corrected chi connectivity index (χ4v) is 4.99. The molecule has 0 fully saturated rings. The molecule has 0 unspecified atom stereocenters. The Labute approximate surface area is 226 Å². The van der Waals surface area contributed by atoms with E-state index < -0.39 is 34.4 Å². The molecule has 1 atom stereocenters. The van der Waals surface area contributed by atoms with Crippen molar-refractivity contribution in [1.82, 2.24) is 10.2 Å². The summed E-state index contributed by atoms with van der Waals surface area (Å²) in [7, 11) is -3.95. The third-order valence-electron chi connectivity index (χ3n) is 5.12. The lowest BCUT2D eigenvalue weighted by Crippen LogP contribution is -2.51. The van der Waals surface area contributed by atoms with Gasteiger partial charge in [-0.2, -0.15) is 0 Å². The van der Waals surface area contributed by atoms with Crippen LogP contribution in [-0.2, 0) is 26.2 Å². The van der Waals surface area contributed by atoms with E-state index in [2.05, 4.69) is 5.32 Å². The van der Waals surface area contributed by atoms with E-state index in [4.69, 9.17) is 46.4 Å². The van der Waals surface area contributed by atoms with Crippen LogP contribution in [0.5, 0.6) is 0 Å². The van der Waals surface area contributed by atoms with Crippen molar-refractivity contribution in [2.24, 2.45) is 5.92 Å². The van der Waals surface area contributed by atoms with Gasteiger partial charge in [-0.3, -0.25) is 13.9 Å². The zero-order valence-electron chi connectivity index (χ0n) is 19.7. The molecule has 7 nitrogen and oxygen atoms in total. The maximum absolute atomic E-state index is 13.6. The lowest BCUT2D eigenvalue weighted by Gasteiger charge is -2.32. The minimum Gasteiger partial charge on any atom is -0.354 e. The van der Waals surface area contributed by atoms with E-state index in [0.29, 0.717) is 22.2 Å². The first-order valence-electron chi connectivity index (χ1n) is 10.7. The van der Waals surface area contributed by atoms with E-state index in [-0.39, 0.29) is 28.2 Å². The van der Waals surface area contributed by atoms with Crippen molar-refractivity contribution in [2.45, 2.75) is 33.4 Å². The van der Waals surface area contributed by atoms with Crippen molar-refractivity contribution in [1.29, 1.82) is 0 Å². The molecule has 2 amide bonds. The molecule has 0 aliphatic heterocycles. The van der Waals surface area contributed by atoms with Gasteiger partial charge < -0.3 is 10.2 Å². The highest BCUT2D eigenvalue weighted by atomic mass is 35.5. The third kappa shape index (κ3) is 7.89. The number of carbonyl (C=O) groups is 2. The van der Waals surface area contributed by atoms with Gasteiger partial charge in [0.05, 0.1) is 22.0 Å². The third-order valence-corrected chi connectivity index (χ3v) is 7.76. The van der Waals surface area contributed by atoms with E-state index in [1.54, 1.807) is 25.1 Å². The first kappa shape index (κ1) is 29.5. The van der Waals surface area contributed by atoms with Crippen LogP contribution >= 0.6 is 46.4 Å². The van der Waals surface area contributed by atoms with Gasteiger partial charge in [0.15, 0.2) is 0 Å². The summed E-state index contributed by atoms with van der Waals surface area (Å²) in [6.07, 6.45) is 0.950. The first-order chi connectivity index (χ1) is 16.2. The first-order valence-corrected chi connectivity index (χ1v) is 14.0. The molecular formula is C23H27Cl4N3O4S. The maximum Gasteiger partial charge on any atom is 0.244 e. The molecule has 2 rings (SSSR count). The van der Waals surface area contributed by atoms with Gasteiger partial charge in [-0.1, -0.05) is 72.4 Å². The number of carbonyl (C=O) groups excluding carboxylic acids is 2. The summed E-state index contributed by atoms with van der Waals surface area (Å²) < 4.78 is 26.1. The lowest BCUT2D eigenvalue weighted by atomic mass is 10.1. The van der Waals surface area contributed by atoms with Crippen molar-refractivity contribution >= 4 is 73.9 Å². The van der Waals surface area contributed by atoms with Crippen LogP contribution in [-0.4, -0.2) is 50.5 Å². The number of rotatable bonds is 10. The van der Waals surface area contributed by atoms with Gasteiger partial charge in [-0.05, 0) is 37.1 Å². The number of amides is 2. The van der Waals surface area contributed by atoms with Gasteiger partial charge in [0.25, 0.3) is 0 Å². The van der Waals surface area contributed by atoms with Crippen molar-refractivity contribution in [3.05, 3.63) is 62.1 Å². The van der Waals surface area contributed by atoms with Crippen LogP contribution in [0, 0.1) is 5.92 Å². The summed E-state index contributed by atoms with van der Waals surface area (Å²) in [6.45, 7) is 5.10. The number of sulfonamides is 1. The summed E-state index contributed by atoms with van der Waals surface area (Å²) >= 11 is 25.0. The molecule has 0 radical (unpaired) electrons. The molecule has 0 spiro atoms. The summed E-state index contributed by atoms with van der Waals surface area (Å²) in [5, 5.41) is 3.52. The Kier molecular flexibility index (Phi) is 10.5. The zero-order valence-corrected chi connectivity index (χ0v) is 23.5. The Morgan fingerprint density at radius 1 is 0.943 bits per heavy atom. The number of benzene rings is 2. The summed E-state index contributed by atoms with van der Waals surface area (Å²) in [4.78, 5) is 27.7.